The van der Waals surface area contributed by atoms with E-state index in [9.17, 15) is 13.2 Å². The Morgan fingerprint density at radius 1 is 1.00 bits per heavy atom. The van der Waals surface area contributed by atoms with Gasteiger partial charge in [-0.1, -0.05) is 30.3 Å². The van der Waals surface area contributed by atoms with Crippen molar-refractivity contribution in [1.82, 2.24) is 4.90 Å². The second kappa shape index (κ2) is 9.01. The summed E-state index contributed by atoms with van der Waals surface area (Å²) in [5.41, 5.74) is 2.28. The number of sulfonamides is 1. The maximum Gasteiger partial charge on any atom is 0.270 e. The Balaban J connectivity index is 2.29. The molecule has 0 spiro atoms. The average Bonchev–Trinajstić information content (AvgIpc) is 2.77. The van der Waals surface area contributed by atoms with Gasteiger partial charge >= 0.3 is 0 Å². The van der Waals surface area contributed by atoms with Gasteiger partial charge in [0.2, 0.25) is 0 Å². The Hall–Kier alpha value is -3.00. The van der Waals surface area contributed by atoms with Crippen molar-refractivity contribution in [2.45, 2.75) is 27.3 Å². The van der Waals surface area contributed by atoms with Gasteiger partial charge in [0.1, 0.15) is 0 Å². The third-order valence-corrected chi connectivity index (χ3v) is 7.38. The second-order valence-electron chi connectivity index (χ2n) is 7.15. The summed E-state index contributed by atoms with van der Waals surface area (Å²) >= 11 is 0. The number of benzene rings is 2. The lowest BCUT2D eigenvalue weighted by molar-refractivity contribution is -0.126. The molecule has 0 saturated carbocycles. The van der Waals surface area contributed by atoms with Crippen LogP contribution in [0.3, 0.4) is 0 Å². The normalized spacial score (nSPS) is 14.8. The molecule has 3 rings (SSSR count). The van der Waals surface area contributed by atoms with Gasteiger partial charge in [-0.2, -0.15) is 0 Å². The quantitative estimate of drug-likeness (QED) is 0.652. The van der Waals surface area contributed by atoms with Gasteiger partial charge in [-0.3, -0.25) is 9.10 Å². The maximum absolute atomic E-state index is 13.8. The lowest BCUT2D eigenvalue weighted by Gasteiger charge is -2.34. The first-order chi connectivity index (χ1) is 14.8. The number of amides is 1. The van der Waals surface area contributed by atoms with Crippen LogP contribution < -0.4 is 13.8 Å². The number of hydrogen-bond acceptors (Lipinski definition) is 5. The van der Waals surface area contributed by atoms with Crippen molar-refractivity contribution in [1.29, 1.82) is 0 Å². The minimum absolute atomic E-state index is 0.0912. The summed E-state index contributed by atoms with van der Waals surface area (Å²) in [6, 6.07) is 12.7. The fraction of sp³-hybridized carbons (Fsp3) is 0.348. The van der Waals surface area contributed by atoms with Crippen molar-refractivity contribution in [2.24, 2.45) is 0 Å². The first kappa shape index (κ1) is 22.7. The van der Waals surface area contributed by atoms with E-state index in [0.29, 0.717) is 41.4 Å². The van der Waals surface area contributed by atoms with Gasteiger partial charge in [-0.15, -0.1) is 0 Å². The maximum atomic E-state index is 13.8. The fourth-order valence-corrected chi connectivity index (χ4v) is 5.57. The van der Waals surface area contributed by atoms with Crippen molar-refractivity contribution in [3.63, 3.8) is 0 Å². The molecule has 1 amide bonds. The number of anilines is 1. The lowest BCUT2D eigenvalue weighted by Crippen LogP contribution is -2.42. The zero-order valence-corrected chi connectivity index (χ0v) is 19.3. The van der Waals surface area contributed by atoms with Gasteiger partial charge in [0.25, 0.3) is 15.9 Å². The van der Waals surface area contributed by atoms with Gasteiger partial charge in [-0.05, 0) is 38.0 Å². The fourth-order valence-electron chi connectivity index (χ4n) is 3.77. The van der Waals surface area contributed by atoms with Gasteiger partial charge in [0, 0.05) is 24.7 Å². The van der Waals surface area contributed by atoms with Crippen LogP contribution in [0.5, 0.6) is 11.5 Å². The first-order valence-corrected chi connectivity index (χ1v) is 11.6. The molecule has 1 aliphatic heterocycles. The Labute approximate surface area is 183 Å². The topological polar surface area (TPSA) is 76.2 Å². The summed E-state index contributed by atoms with van der Waals surface area (Å²) in [6.07, 6.45) is 0. The molecule has 2 aromatic rings. The highest BCUT2D eigenvalue weighted by molar-refractivity contribution is 7.97. The van der Waals surface area contributed by atoms with Crippen LogP contribution in [0.2, 0.25) is 0 Å². The Morgan fingerprint density at radius 2 is 1.58 bits per heavy atom. The molecule has 0 aromatic heterocycles. The molecule has 0 bridgehead atoms. The summed E-state index contributed by atoms with van der Waals surface area (Å²) < 4.78 is 39.7. The second-order valence-corrected chi connectivity index (χ2v) is 8.95. The molecule has 0 aliphatic carbocycles. The average molecular weight is 445 g/mol. The van der Waals surface area contributed by atoms with Gasteiger partial charge in [-0.25, -0.2) is 8.42 Å². The summed E-state index contributed by atoms with van der Waals surface area (Å²) in [4.78, 5) is 14.6. The summed E-state index contributed by atoms with van der Waals surface area (Å²) in [6.45, 7) is 6.25. The van der Waals surface area contributed by atoms with Gasteiger partial charge in [0.15, 0.2) is 16.4 Å². The zero-order chi connectivity index (χ0) is 22.8. The van der Waals surface area contributed by atoms with Crippen LogP contribution in [-0.4, -0.2) is 46.5 Å². The molecule has 0 saturated heterocycles. The minimum atomic E-state index is -4.11. The van der Waals surface area contributed by atoms with Crippen LogP contribution in [0, 0.1) is 0 Å². The highest BCUT2D eigenvalue weighted by Crippen LogP contribution is 2.45. The van der Waals surface area contributed by atoms with Crippen LogP contribution in [-0.2, 0) is 21.4 Å². The predicted octanol–water partition coefficient (Wildman–Crippen LogP) is 3.65. The predicted molar refractivity (Wildman–Crippen MR) is 122 cm³/mol. The molecule has 0 unspecified atom stereocenters. The van der Waals surface area contributed by atoms with E-state index in [4.69, 9.17) is 9.47 Å². The third kappa shape index (κ3) is 3.99. The molecule has 0 atom stereocenters. The van der Waals surface area contributed by atoms with Crippen molar-refractivity contribution >= 4 is 27.2 Å². The molecule has 0 radical (unpaired) electrons. The standard InChI is InChI=1S/C23H28N2O5S/c1-6-24(7-2)23(26)22-16(3)18-13-20(29-4)21(30-5)14-19(18)25(31(22,27)28)15-17-11-9-8-10-12-17/h8-14H,6-7,15H2,1-5H3. The molecule has 2 aromatic carbocycles. The lowest BCUT2D eigenvalue weighted by atomic mass is 10.0. The van der Waals surface area contributed by atoms with Crippen LogP contribution in [0.15, 0.2) is 47.4 Å². The number of carbonyl (C=O) groups is 1. The molecule has 8 heteroatoms. The van der Waals surface area contributed by atoms with E-state index in [2.05, 4.69) is 0 Å². The van der Waals surface area contributed by atoms with Crippen LogP contribution >= 0.6 is 0 Å². The highest BCUT2D eigenvalue weighted by atomic mass is 32.2. The summed E-state index contributed by atoms with van der Waals surface area (Å²) in [7, 11) is -1.09. The SMILES string of the molecule is CCN(CC)C(=O)C1=C(C)c2cc(OC)c(OC)cc2N(Cc2ccccc2)S1(=O)=O. The molecule has 0 fully saturated rings. The van der Waals surface area contributed by atoms with Crippen LogP contribution in [0.4, 0.5) is 5.69 Å². The van der Waals surface area contributed by atoms with E-state index < -0.39 is 15.9 Å². The number of rotatable bonds is 7. The van der Waals surface area contributed by atoms with Crippen molar-refractivity contribution in [3.8, 4) is 11.5 Å². The number of methoxy groups -OCH3 is 2. The molecular formula is C23H28N2O5S. The third-order valence-electron chi connectivity index (χ3n) is 5.48. The molecule has 0 N–H and O–H groups in total. The van der Waals surface area contributed by atoms with Crippen molar-refractivity contribution in [3.05, 3.63) is 58.5 Å². The van der Waals surface area contributed by atoms with E-state index in [1.54, 1.807) is 19.1 Å². The summed E-state index contributed by atoms with van der Waals surface area (Å²) in [5.74, 6) is 0.385. The van der Waals surface area contributed by atoms with Gasteiger partial charge < -0.3 is 14.4 Å². The van der Waals surface area contributed by atoms with Crippen LogP contribution in [0.1, 0.15) is 31.9 Å². The smallest absolute Gasteiger partial charge is 0.270 e. The van der Waals surface area contributed by atoms with E-state index in [1.165, 1.54) is 23.4 Å². The molecule has 1 aliphatic rings. The monoisotopic (exact) mass is 444 g/mol. The van der Waals surface area contributed by atoms with E-state index in [-0.39, 0.29) is 11.4 Å². The van der Waals surface area contributed by atoms with Crippen LogP contribution in [0.25, 0.3) is 5.57 Å². The number of carbonyl (C=O) groups excluding carboxylic acids is 1. The largest absolute Gasteiger partial charge is 0.493 e. The molecule has 31 heavy (non-hydrogen) atoms. The minimum Gasteiger partial charge on any atom is -0.493 e. The van der Waals surface area contributed by atoms with E-state index in [0.717, 1.165) is 5.56 Å². The molecule has 7 nitrogen and oxygen atoms in total. The number of hydrogen-bond donors (Lipinski definition) is 0. The Morgan fingerprint density at radius 3 is 2.13 bits per heavy atom. The number of likely N-dealkylation sites (N-methyl/N-ethyl adjacent to an activating group) is 1. The molecule has 166 valence electrons. The number of nitrogens with zero attached hydrogens (tertiary/aromatic N) is 2. The number of fused-ring (bicyclic) bond motifs is 1. The van der Waals surface area contributed by atoms with Crippen molar-refractivity contribution < 1.29 is 22.7 Å². The molecular weight excluding hydrogens is 416 g/mol. The van der Waals surface area contributed by atoms with E-state index in [1.807, 2.05) is 44.2 Å². The van der Waals surface area contributed by atoms with E-state index >= 15 is 0 Å². The number of allylic oxidation sites excluding steroid dienone is 1. The van der Waals surface area contributed by atoms with Gasteiger partial charge in [0.05, 0.1) is 26.5 Å². The zero-order valence-electron chi connectivity index (χ0n) is 18.5. The Kier molecular flexibility index (Phi) is 6.59. The molecule has 1 heterocycles. The highest BCUT2D eigenvalue weighted by Gasteiger charge is 2.41. The summed E-state index contributed by atoms with van der Waals surface area (Å²) in [5, 5.41) is 0. The first-order valence-electron chi connectivity index (χ1n) is 10.1. The Bertz CT molecular complexity index is 1110. The van der Waals surface area contributed by atoms with Crippen molar-refractivity contribution in [2.75, 3.05) is 31.6 Å². The number of ether oxygens (including phenoxy) is 2.